The lowest BCUT2D eigenvalue weighted by Crippen LogP contribution is -2.42. The number of benzene rings is 1. The van der Waals surface area contributed by atoms with Crippen molar-refractivity contribution in [3.63, 3.8) is 0 Å². The number of hydrogen-bond donors (Lipinski definition) is 2. The number of nitrogens with two attached hydrogens (primary N) is 1. The Kier molecular flexibility index (Phi) is 4.32. The number of nitrogens with one attached hydrogen (secondary N) is 1. The number of aromatic amines is 1. The Labute approximate surface area is 153 Å². The molecule has 1 aliphatic rings. The number of rotatable bonds is 4. The first-order valence-electron chi connectivity index (χ1n) is 8.90. The summed E-state index contributed by atoms with van der Waals surface area (Å²) in [6.45, 7) is 0. The molecule has 1 saturated carbocycles. The van der Waals surface area contributed by atoms with E-state index >= 15 is 0 Å². The summed E-state index contributed by atoms with van der Waals surface area (Å²) in [6.07, 6.45) is 8.14. The number of fused-ring (bicyclic) bond motifs is 1. The summed E-state index contributed by atoms with van der Waals surface area (Å²) in [5, 5.41) is 0.732. The highest BCUT2D eigenvalue weighted by molar-refractivity contribution is 7.93. The van der Waals surface area contributed by atoms with Crippen molar-refractivity contribution in [2.24, 2.45) is 0 Å². The van der Waals surface area contributed by atoms with Gasteiger partial charge in [-0.15, -0.1) is 0 Å². The number of anilines is 2. The van der Waals surface area contributed by atoms with E-state index in [1.54, 1.807) is 34.8 Å². The zero-order chi connectivity index (χ0) is 18.1. The second-order valence-corrected chi connectivity index (χ2v) is 8.52. The van der Waals surface area contributed by atoms with Crippen LogP contribution in [0.4, 0.5) is 11.4 Å². The second-order valence-electron chi connectivity index (χ2n) is 6.71. The maximum atomic E-state index is 13.6. The molecule has 0 spiro atoms. The van der Waals surface area contributed by atoms with Crippen LogP contribution >= 0.6 is 0 Å². The molecule has 26 heavy (non-hydrogen) atoms. The van der Waals surface area contributed by atoms with Crippen LogP contribution in [0.5, 0.6) is 0 Å². The molecular weight excluding hydrogens is 348 g/mol. The van der Waals surface area contributed by atoms with Gasteiger partial charge in [0.2, 0.25) is 0 Å². The Hall–Kier alpha value is -2.54. The average Bonchev–Trinajstić information content (AvgIpc) is 3.14. The minimum atomic E-state index is -3.73. The molecule has 0 saturated heterocycles. The lowest BCUT2D eigenvalue weighted by Gasteiger charge is -2.36. The number of nitrogens with zero attached hydrogens (tertiary/aromatic N) is 2. The molecule has 1 fully saturated rings. The molecule has 0 atom stereocenters. The molecule has 4 rings (SSSR count). The predicted octanol–water partition coefficient (Wildman–Crippen LogP) is 3.67. The van der Waals surface area contributed by atoms with E-state index in [9.17, 15) is 8.42 Å². The van der Waals surface area contributed by atoms with Crippen LogP contribution in [0.15, 0.2) is 53.7 Å². The summed E-state index contributed by atoms with van der Waals surface area (Å²) in [7, 11) is -3.73. The molecule has 0 radical (unpaired) electrons. The standard InChI is InChI=1S/C19H22N4O2S/c20-17-13-22-19-16(11-12-21-19)18(17)23(14-7-3-1-4-8-14)26(24,25)15-9-5-2-6-10-15/h2,5-6,9-14H,1,3-4,7-8,20H2,(H,21,22). The van der Waals surface area contributed by atoms with E-state index in [1.807, 2.05) is 12.1 Å². The highest BCUT2D eigenvalue weighted by Crippen LogP contribution is 2.39. The van der Waals surface area contributed by atoms with Crippen LogP contribution in [0, 0.1) is 0 Å². The fraction of sp³-hybridized carbons (Fsp3) is 0.316. The van der Waals surface area contributed by atoms with Gasteiger partial charge >= 0.3 is 0 Å². The topological polar surface area (TPSA) is 92.1 Å². The average molecular weight is 370 g/mol. The summed E-state index contributed by atoms with van der Waals surface area (Å²) >= 11 is 0. The smallest absolute Gasteiger partial charge is 0.264 e. The van der Waals surface area contributed by atoms with Gasteiger partial charge in [-0.3, -0.25) is 4.31 Å². The van der Waals surface area contributed by atoms with Gasteiger partial charge in [-0.25, -0.2) is 13.4 Å². The van der Waals surface area contributed by atoms with Crippen LogP contribution in [0.1, 0.15) is 32.1 Å². The SMILES string of the molecule is Nc1cnc2[nH]ccc2c1N(C1CCCCC1)S(=O)(=O)c1ccccc1. The Balaban J connectivity index is 1.94. The molecule has 3 aromatic rings. The molecule has 0 bridgehead atoms. The molecule has 6 nitrogen and oxygen atoms in total. The normalized spacial score (nSPS) is 16.0. The van der Waals surface area contributed by atoms with Crippen molar-refractivity contribution < 1.29 is 8.42 Å². The largest absolute Gasteiger partial charge is 0.396 e. The van der Waals surface area contributed by atoms with Crippen LogP contribution < -0.4 is 10.0 Å². The van der Waals surface area contributed by atoms with E-state index in [2.05, 4.69) is 9.97 Å². The molecule has 3 N–H and O–H groups in total. The molecule has 136 valence electrons. The number of nitrogen functional groups attached to an aromatic ring is 1. The van der Waals surface area contributed by atoms with Crippen molar-refractivity contribution in [2.75, 3.05) is 10.0 Å². The zero-order valence-electron chi connectivity index (χ0n) is 14.4. The van der Waals surface area contributed by atoms with Crippen molar-refractivity contribution in [3.8, 4) is 0 Å². The third-order valence-electron chi connectivity index (χ3n) is 5.01. The Bertz CT molecular complexity index is 1010. The number of aromatic nitrogens is 2. The van der Waals surface area contributed by atoms with Gasteiger partial charge in [0.15, 0.2) is 0 Å². The van der Waals surface area contributed by atoms with E-state index in [-0.39, 0.29) is 10.9 Å². The van der Waals surface area contributed by atoms with Crippen LogP contribution in [0.3, 0.4) is 0 Å². The Morgan fingerprint density at radius 2 is 1.81 bits per heavy atom. The summed E-state index contributed by atoms with van der Waals surface area (Å²) in [4.78, 5) is 7.61. The van der Waals surface area contributed by atoms with Crippen LogP contribution in [-0.4, -0.2) is 24.4 Å². The van der Waals surface area contributed by atoms with E-state index in [0.717, 1.165) is 37.5 Å². The van der Waals surface area contributed by atoms with Gasteiger partial charge in [0.25, 0.3) is 10.0 Å². The molecule has 7 heteroatoms. The molecule has 2 heterocycles. The first-order chi connectivity index (χ1) is 12.6. The Morgan fingerprint density at radius 1 is 1.08 bits per heavy atom. The molecule has 0 aliphatic heterocycles. The maximum absolute atomic E-state index is 13.6. The van der Waals surface area contributed by atoms with Gasteiger partial charge in [-0.1, -0.05) is 37.5 Å². The summed E-state index contributed by atoms with van der Waals surface area (Å²) in [5.74, 6) is 0. The van der Waals surface area contributed by atoms with E-state index in [1.165, 1.54) is 6.20 Å². The molecule has 0 amide bonds. The number of H-pyrrole nitrogens is 1. The van der Waals surface area contributed by atoms with Gasteiger partial charge in [-0.2, -0.15) is 0 Å². The van der Waals surface area contributed by atoms with Crippen LogP contribution in [0.25, 0.3) is 11.0 Å². The molecular formula is C19H22N4O2S. The van der Waals surface area contributed by atoms with Crippen molar-refractivity contribution in [3.05, 3.63) is 48.8 Å². The number of hydrogen-bond acceptors (Lipinski definition) is 4. The van der Waals surface area contributed by atoms with E-state index in [0.29, 0.717) is 17.0 Å². The molecule has 1 aliphatic carbocycles. The number of sulfonamides is 1. The van der Waals surface area contributed by atoms with Gasteiger partial charge in [0.05, 0.1) is 22.5 Å². The predicted molar refractivity (Wildman–Crippen MR) is 103 cm³/mol. The molecule has 1 aromatic carbocycles. The number of pyridine rings is 1. The zero-order valence-corrected chi connectivity index (χ0v) is 15.2. The Morgan fingerprint density at radius 3 is 2.54 bits per heavy atom. The van der Waals surface area contributed by atoms with Crippen molar-refractivity contribution >= 4 is 32.4 Å². The summed E-state index contributed by atoms with van der Waals surface area (Å²) in [6, 6.07) is 10.3. The molecule has 2 aromatic heterocycles. The van der Waals surface area contributed by atoms with Crippen LogP contribution in [0.2, 0.25) is 0 Å². The fourth-order valence-corrected chi connectivity index (χ4v) is 5.55. The lowest BCUT2D eigenvalue weighted by atomic mass is 9.95. The van der Waals surface area contributed by atoms with Crippen molar-refractivity contribution in [2.45, 2.75) is 43.0 Å². The van der Waals surface area contributed by atoms with Gasteiger partial charge < -0.3 is 10.7 Å². The highest BCUT2D eigenvalue weighted by Gasteiger charge is 2.35. The first-order valence-corrected chi connectivity index (χ1v) is 10.3. The maximum Gasteiger partial charge on any atom is 0.264 e. The minimum Gasteiger partial charge on any atom is -0.396 e. The minimum absolute atomic E-state index is 0.100. The third kappa shape index (κ3) is 2.82. The monoisotopic (exact) mass is 370 g/mol. The van der Waals surface area contributed by atoms with Gasteiger partial charge in [-0.05, 0) is 31.0 Å². The van der Waals surface area contributed by atoms with Crippen molar-refractivity contribution in [1.29, 1.82) is 0 Å². The second kappa shape index (κ2) is 6.64. The third-order valence-corrected chi connectivity index (χ3v) is 6.88. The van der Waals surface area contributed by atoms with E-state index in [4.69, 9.17) is 5.73 Å². The van der Waals surface area contributed by atoms with Crippen molar-refractivity contribution in [1.82, 2.24) is 9.97 Å². The van der Waals surface area contributed by atoms with Gasteiger partial charge in [0.1, 0.15) is 5.65 Å². The molecule has 0 unspecified atom stereocenters. The van der Waals surface area contributed by atoms with Gasteiger partial charge in [0, 0.05) is 17.6 Å². The first kappa shape index (κ1) is 16.9. The van der Waals surface area contributed by atoms with Crippen LogP contribution in [-0.2, 0) is 10.0 Å². The summed E-state index contributed by atoms with van der Waals surface area (Å²) in [5.41, 5.74) is 7.79. The quantitative estimate of drug-likeness (QED) is 0.733. The fourth-order valence-electron chi connectivity index (χ4n) is 3.78. The summed E-state index contributed by atoms with van der Waals surface area (Å²) < 4.78 is 28.7. The van der Waals surface area contributed by atoms with E-state index < -0.39 is 10.0 Å². The highest BCUT2D eigenvalue weighted by atomic mass is 32.2. The lowest BCUT2D eigenvalue weighted by molar-refractivity contribution is 0.438.